The second kappa shape index (κ2) is 3.81. The van der Waals surface area contributed by atoms with Gasteiger partial charge in [0, 0.05) is 6.42 Å². The number of esters is 1. The van der Waals surface area contributed by atoms with Crippen molar-refractivity contribution in [2.75, 3.05) is 7.11 Å². The molecule has 0 N–H and O–H groups in total. The van der Waals surface area contributed by atoms with Gasteiger partial charge in [-0.3, -0.25) is 0 Å². The Balaban J connectivity index is 2.11. The third kappa shape index (κ3) is 1.93. The third-order valence-corrected chi connectivity index (χ3v) is 3.43. The Labute approximate surface area is 99.5 Å². The summed E-state index contributed by atoms with van der Waals surface area (Å²) in [5.41, 5.74) is -0.532. The minimum Gasteiger partial charge on any atom is -0.467 e. The lowest BCUT2D eigenvalue weighted by atomic mass is 9.90. The first kappa shape index (κ1) is 12.0. The first-order chi connectivity index (χ1) is 7.91. The van der Waals surface area contributed by atoms with Gasteiger partial charge in [0.25, 0.3) is 0 Å². The SMILES string of the molecule is COC(=O)C1(C)OC1(C)Cc1ccc(F)cc1. The number of carbonyl (C=O) groups excluding carboxylic acids is 1. The van der Waals surface area contributed by atoms with E-state index in [1.165, 1.54) is 19.2 Å². The monoisotopic (exact) mass is 238 g/mol. The van der Waals surface area contributed by atoms with E-state index in [-0.39, 0.29) is 11.8 Å². The van der Waals surface area contributed by atoms with Gasteiger partial charge in [0.05, 0.1) is 7.11 Å². The van der Waals surface area contributed by atoms with Gasteiger partial charge in [-0.15, -0.1) is 0 Å². The van der Waals surface area contributed by atoms with Gasteiger partial charge in [-0.2, -0.15) is 0 Å². The molecule has 2 rings (SSSR count). The third-order valence-electron chi connectivity index (χ3n) is 3.43. The number of rotatable bonds is 3. The topological polar surface area (TPSA) is 38.8 Å². The van der Waals surface area contributed by atoms with Crippen molar-refractivity contribution in [3.8, 4) is 0 Å². The Bertz CT molecular complexity index is 442. The van der Waals surface area contributed by atoms with Crippen molar-refractivity contribution in [3.63, 3.8) is 0 Å². The van der Waals surface area contributed by atoms with Crippen LogP contribution in [0.1, 0.15) is 19.4 Å². The van der Waals surface area contributed by atoms with Crippen LogP contribution in [0.3, 0.4) is 0 Å². The van der Waals surface area contributed by atoms with Crippen molar-refractivity contribution in [3.05, 3.63) is 35.6 Å². The first-order valence-corrected chi connectivity index (χ1v) is 5.44. The lowest BCUT2D eigenvalue weighted by Crippen LogP contribution is -2.32. The van der Waals surface area contributed by atoms with Gasteiger partial charge in [-0.1, -0.05) is 12.1 Å². The van der Waals surface area contributed by atoms with E-state index in [2.05, 4.69) is 0 Å². The molecule has 0 saturated carbocycles. The molecule has 0 spiro atoms. The van der Waals surface area contributed by atoms with E-state index in [1.54, 1.807) is 19.1 Å². The maximum absolute atomic E-state index is 12.8. The molecule has 1 fully saturated rings. The van der Waals surface area contributed by atoms with Crippen LogP contribution in [0.2, 0.25) is 0 Å². The van der Waals surface area contributed by atoms with Crippen molar-refractivity contribution >= 4 is 5.97 Å². The average molecular weight is 238 g/mol. The van der Waals surface area contributed by atoms with Crippen LogP contribution in [-0.4, -0.2) is 24.3 Å². The number of carbonyl (C=O) groups is 1. The van der Waals surface area contributed by atoms with Crippen LogP contribution in [0.15, 0.2) is 24.3 Å². The van der Waals surface area contributed by atoms with Gasteiger partial charge in [-0.05, 0) is 31.5 Å². The van der Waals surface area contributed by atoms with Crippen molar-refractivity contribution < 1.29 is 18.7 Å². The maximum Gasteiger partial charge on any atom is 0.340 e. The summed E-state index contributed by atoms with van der Waals surface area (Å²) in [6.07, 6.45) is 0.554. The Morgan fingerprint density at radius 3 is 2.47 bits per heavy atom. The molecule has 0 amide bonds. The summed E-state index contributed by atoms with van der Waals surface area (Å²) in [6.45, 7) is 3.57. The molecular weight excluding hydrogens is 223 g/mol. The van der Waals surface area contributed by atoms with Crippen LogP contribution < -0.4 is 0 Å². The molecule has 17 heavy (non-hydrogen) atoms. The molecule has 2 unspecified atom stereocenters. The van der Waals surface area contributed by atoms with Gasteiger partial charge in [0.2, 0.25) is 0 Å². The summed E-state index contributed by atoms with van der Waals surface area (Å²) in [6, 6.07) is 6.19. The number of hydrogen-bond donors (Lipinski definition) is 0. The number of ether oxygens (including phenoxy) is 2. The van der Waals surface area contributed by atoms with E-state index in [9.17, 15) is 9.18 Å². The van der Waals surface area contributed by atoms with Crippen molar-refractivity contribution in [2.24, 2.45) is 0 Å². The van der Waals surface area contributed by atoms with Gasteiger partial charge < -0.3 is 9.47 Å². The molecule has 2 atom stereocenters. The van der Waals surface area contributed by atoms with E-state index >= 15 is 0 Å². The minimum absolute atomic E-state index is 0.272. The molecule has 0 bridgehead atoms. The normalized spacial score (nSPS) is 31.1. The predicted octanol–water partition coefficient (Wildman–Crippen LogP) is 2.09. The van der Waals surface area contributed by atoms with Gasteiger partial charge in [-0.25, -0.2) is 9.18 Å². The molecule has 0 radical (unpaired) electrons. The number of methoxy groups -OCH3 is 1. The molecule has 92 valence electrons. The number of hydrogen-bond acceptors (Lipinski definition) is 3. The number of benzene rings is 1. The second-order valence-corrected chi connectivity index (χ2v) is 4.66. The summed E-state index contributed by atoms with van der Waals surface area (Å²) in [7, 11) is 1.34. The summed E-state index contributed by atoms with van der Waals surface area (Å²) >= 11 is 0. The minimum atomic E-state index is -0.893. The Kier molecular flexibility index (Phi) is 2.70. The highest BCUT2D eigenvalue weighted by Gasteiger charge is 2.69. The number of halogens is 1. The maximum atomic E-state index is 12.8. The van der Waals surface area contributed by atoms with Crippen LogP contribution in [0.5, 0.6) is 0 Å². The van der Waals surface area contributed by atoms with Crippen molar-refractivity contribution in [2.45, 2.75) is 31.5 Å². The van der Waals surface area contributed by atoms with Crippen LogP contribution in [0, 0.1) is 5.82 Å². The first-order valence-electron chi connectivity index (χ1n) is 5.44. The molecule has 0 aliphatic carbocycles. The van der Waals surface area contributed by atoms with E-state index < -0.39 is 11.2 Å². The molecule has 3 nitrogen and oxygen atoms in total. The molecule has 1 aliphatic rings. The predicted molar refractivity (Wildman–Crippen MR) is 60.0 cm³/mol. The fraction of sp³-hybridized carbons (Fsp3) is 0.462. The lowest BCUT2D eigenvalue weighted by Gasteiger charge is -2.10. The number of epoxide rings is 1. The zero-order chi connectivity index (χ0) is 12.7. The molecular formula is C13H15FO3. The quantitative estimate of drug-likeness (QED) is 0.598. The molecule has 0 aromatic heterocycles. The molecule has 1 aliphatic heterocycles. The van der Waals surface area contributed by atoms with Gasteiger partial charge in [0.15, 0.2) is 5.60 Å². The van der Waals surface area contributed by atoms with E-state index in [0.29, 0.717) is 6.42 Å². The zero-order valence-electron chi connectivity index (χ0n) is 10.1. The summed E-state index contributed by atoms with van der Waals surface area (Å²) < 4.78 is 23.0. The van der Waals surface area contributed by atoms with E-state index in [1.807, 2.05) is 6.92 Å². The smallest absolute Gasteiger partial charge is 0.340 e. The molecule has 4 heteroatoms. The lowest BCUT2D eigenvalue weighted by molar-refractivity contribution is -0.146. The van der Waals surface area contributed by atoms with Crippen LogP contribution in [0.4, 0.5) is 4.39 Å². The van der Waals surface area contributed by atoms with Crippen LogP contribution in [-0.2, 0) is 20.7 Å². The van der Waals surface area contributed by atoms with Gasteiger partial charge in [0.1, 0.15) is 11.4 Å². The standard InChI is InChI=1S/C13H15FO3/c1-12(13(2,17-12)11(15)16-3)8-9-4-6-10(14)7-5-9/h4-7H,8H2,1-3H3. The van der Waals surface area contributed by atoms with E-state index in [0.717, 1.165) is 5.56 Å². The highest BCUT2D eigenvalue weighted by atomic mass is 19.1. The fourth-order valence-electron chi connectivity index (χ4n) is 2.07. The zero-order valence-corrected chi connectivity index (χ0v) is 10.1. The molecule has 1 aromatic carbocycles. The molecule has 1 saturated heterocycles. The highest BCUT2D eigenvalue weighted by molar-refractivity contribution is 5.84. The summed E-state index contributed by atoms with van der Waals surface area (Å²) in [5, 5.41) is 0. The molecule has 1 aromatic rings. The summed E-state index contributed by atoms with van der Waals surface area (Å²) in [5.74, 6) is -0.645. The van der Waals surface area contributed by atoms with Gasteiger partial charge >= 0.3 is 5.97 Å². The van der Waals surface area contributed by atoms with Crippen LogP contribution in [0.25, 0.3) is 0 Å². The van der Waals surface area contributed by atoms with Crippen molar-refractivity contribution in [1.82, 2.24) is 0 Å². The summed E-state index contributed by atoms with van der Waals surface area (Å²) in [4.78, 5) is 11.5. The van der Waals surface area contributed by atoms with Crippen LogP contribution >= 0.6 is 0 Å². The molecule has 1 heterocycles. The second-order valence-electron chi connectivity index (χ2n) is 4.66. The average Bonchev–Trinajstić information content (AvgIpc) is 2.85. The highest BCUT2D eigenvalue weighted by Crippen LogP contribution is 2.50. The van der Waals surface area contributed by atoms with E-state index in [4.69, 9.17) is 9.47 Å². The Hall–Kier alpha value is -1.42. The largest absolute Gasteiger partial charge is 0.467 e. The van der Waals surface area contributed by atoms with Crippen molar-refractivity contribution in [1.29, 1.82) is 0 Å². The Morgan fingerprint density at radius 1 is 1.35 bits per heavy atom. The fourth-order valence-corrected chi connectivity index (χ4v) is 2.07. The Morgan fingerprint density at radius 2 is 1.94 bits per heavy atom.